The average molecular weight is 163 g/mol. The van der Waals surface area contributed by atoms with Gasteiger partial charge in [0.1, 0.15) is 0 Å². The quantitative estimate of drug-likeness (QED) is 0.635. The lowest BCUT2D eigenvalue weighted by Crippen LogP contribution is -1.94. The molecule has 2 heteroatoms. The summed E-state index contributed by atoms with van der Waals surface area (Å²) in [7, 11) is 0. The Morgan fingerprint density at radius 3 is 3.08 bits per heavy atom. The van der Waals surface area contributed by atoms with E-state index in [-0.39, 0.29) is 0 Å². The minimum atomic E-state index is 0.680. The molecule has 0 saturated carbocycles. The number of pyridine rings is 1. The molecule has 1 aromatic rings. The monoisotopic (exact) mass is 163 g/mol. The van der Waals surface area contributed by atoms with Gasteiger partial charge in [0.05, 0.1) is 12.4 Å². The Hall–Kier alpha value is -1.31. The Kier molecular flexibility index (Phi) is 3.33. The first-order chi connectivity index (χ1) is 5.83. The van der Waals surface area contributed by atoms with Crippen molar-refractivity contribution >= 4 is 0 Å². The maximum Gasteiger partial charge on any atom is 0.0932 e. The van der Waals surface area contributed by atoms with Crippen LogP contribution in [-0.2, 0) is 11.2 Å². The van der Waals surface area contributed by atoms with Gasteiger partial charge in [-0.25, -0.2) is 0 Å². The molecule has 0 aliphatic rings. The van der Waals surface area contributed by atoms with Crippen LogP contribution in [0.15, 0.2) is 36.9 Å². The van der Waals surface area contributed by atoms with Crippen molar-refractivity contribution < 1.29 is 4.74 Å². The van der Waals surface area contributed by atoms with E-state index in [9.17, 15) is 0 Å². The molecule has 0 amide bonds. The van der Waals surface area contributed by atoms with Crippen molar-refractivity contribution in [3.05, 3.63) is 42.4 Å². The van der Waals surface area contributed by atoms with Crippen LogP contribution < -0.4 is 0 Å². The van der Waals surface area contributed by atoms with Gasteiger partial charge in [-0.3, -0.25) is 4.98 Å². The summed E-state index contributed by atoms with van der Waals surface area (Å²) in [6.07, 6.45) is 4.33. The van der Waals surface area contributed by atoms with E-state index >= 15 is 0 Å². The van der Waals surface area contributed by atoms with Crippen molar-refractivity contribution in [3.63, 3.8) is 0 Å². The fourth-order valence-corrected chi connectivity index (χ4v) is 0.986. The van der Waals surface area contributed by atoms with E-state index in [1.54, 1.807) is 6.20 Å². The van der Waals surface area contributed by atoms with E-state index in [2.05, 4.69) is 11.6 Å². The van der Waals surface area contributed by atoms with Gasteiger partial charge in [-0.15, -0.1) is 0 Å². The van der Waals surface area contributed by atoms with Crippen LogP contribution in [0.25, 0.3) is 0 Å². The molecule has 1 heterocycles. The van der Waals surface area contributed by atoms with Gasteiger partial charge in [0.15, 0.2) is 0 Å². The van der Waals surface area contributed by atoms with E-state index in [0.717, 1.165) is 17.7 Å². The maximum absolute atomic E-state index is 5.22. The number of hydrogen-bond acceptors (Lipinski definition) is 2. The molecule has 0 aromatic carbocycles. The van der Waals surface area contributed by atoms with Gasteiger partial charge in [0.25, 0.3) is 0 Å². The van der Waals surface area contributed by atoms with Crippen LogP contribution in [0.4, 0.5) is 0 Å². The zero-order valence-corrected chi connectivity index (χ0v) is 7.29. The van der Waals surface area contributed by atoms with Gasteiger partial charge in [-0.2, -0.15) is 0 Å². The van der Waals surface area contributed by atoms with Crippen LogP contribution in [0.2, 0.25) is 0 Å². The van der Waals surface area contributed by atoms with Gasteiger partial charge >= 0.3 is 0 Å². The Morgan fingerprint density at radius 2 is 2.50 bits per heavy atom. The SMILES string of the molecule is C=C(Cc1cccnc1)OCC. The van der Waals surface area contributed by atoms with Crippen LogP contribution >= 0.6 is 0 Å². The molecule has 0 N–H and O–H groups in total. The summed E-state index contributed by atoms with van der Waals surface area (Å²) < 4.78 is 5.22. The number of rotatable bonds is 4. The molecule has 0 fully saturated rings. The standard InChI is InChI=1S/C10H13NO/c1-3-12-9(2)7-10-5-4-6-11-8-10/h4-6,8H,2-3,7H2,1H3. The number of allylic oxidation sites excluding steroid dienone is 1. The highest BCUT2D eigenvalue weighted by atomic mass is 16.5. The van der Waals surface area contributed by atoms with Gasteiger partial charge in [-0.05, 0) is 18.6 Å². The van der Waals surface area contributed by atoms with Gasteiger partial charge in [0.2, 0.25) is 0 Å². The van der Waals surface area contributed by atoms with Crippen molar-refractivity contribution in [3.8, 4) is 0 Å². The maximum atomic E-state index is 5.22. The largest absolute Gasteiger partial charge is 0.498 e. The number of nitrogens with zero attached hydrogens (tertiary/aromatic N) is 1. The second-order valence-electron chi connectivity index (χ2n) is 2.51. The third-order valence-corrected chi connectivity index (χ3v) is 1.47. The first kappa shape index (κ1) is 8.78. The van der Waals surface area contributed by atoms with Crippen LogP contribution in [0.5, 0.6) is 0 Å². The topological polar surface area (TPSA) is 22.1 Å². The third-order valence-electron chi connectivity index (χ3n) is 1.47. The van der Waals surface area contributed by atoms with E-state index in [1.807, 2.05) is 25.3 Å². The summed E-state index contributed by atoms with van der Waals surface area (Å²) >= 11 is 0. The molecule has 1 aromatic heterocycles. The van der Waals surface area contributed by atoms with Crippen molar-refractivity contribution in [1.29, 1.82) is 0 Å². The Bertz CT molecular complexity index is 243. The summed E-state index contributed by atoms with van der Waals surface area (Å²) in [5, 5.41) is 0. The summed E-state index contributed by atoms with van der Waals surface area (Å²) in [6, 6.07) is 3.92. The van der Waals surface area contributed by atoms with Gasteiger partial charge in [-0.1, -0.05) is 12.6 Å². The minimum absolute atomic E-state index is 0.680. The number of aromatic nitrogens is 1. The lowest BCUT2D eigenvalue weighted by Gasteiger charge is -2.05. The summed E-state index contributed by atoms with van der Waals surface area (Å²) in [4.78, 5) is 4.00. The Labute approximate surface area is 72.9 Å². The van der Waals surface area contributed by atoms with Gasteiger partial charge < -0.3 is 4.74 Å². The predicted octanol–water partition coefficient (Wildman–Crippen LogP) is 2.17. The molecule has 0 aliphatic carbocycles. The van der Waals surface area contributed by atoms with Crippen LogP contribution in [0.1, 0.15) is 12.5 Å². The number of hydrogen-bond donors (Lipinski definition) is 0. The average Bonchev–Trinajstić information content (AvgIpc) is 2.06. The smallest absolute Gasteiger partial charge is 0.0932 e. The zero-order valence-electron chi connectivity index (χ0n) is 7.29. The zero-order chi connectivity index (χ0) is 8.81. The molecule has 0 aliphatic heterocycles. The molecule has 0 radical (unpaired) electrons. The summed E-state index contributed by atoms with van der Waals surface area (Å²) in [5.74, 6) is 0.797. The highest BCUT2D eigenvalue weighted by molar-refractivity contribution is 5.13. The van der Waals surface area contributed by atoms with E-state index in [1.165, 1.54) is 0 Å². The van der Waals surface area contributed by atoms with Crippen molar-refractivity contribution in [2.24, 2.45) is 0 Å². The molecule has 0 atom stereocenters. The highest BCUT2D eigenvalue weighted by Gasteiger charge is 1.95. The summed E-state index contributed by atoms with van der Waals surface area (Å²) in [6.45, 7) is 6.42. The normalized spacial score (nSPS) is 9.42. The Morgan fingerprint density at radius 1 is 1.67 bits per heavy atom. The third kappa shape index (κ3) is 2.74. The first-order valence-electron chi connectivity index (χ1n) is 4.02. The molecule has 2 nitrogen and oxygen atoms in total. The first-order valence-corrected chi connectivity index (χ1v) is 4.02. The minimum Gasteiger partial charge on any atom is -0.498 e. The molecular weight excluding hydrogens is 150 g/mol. The van der Waals surface area contributed by atoms with E-state index in [0.29, 0.717) is 6.61 Å². The predicted molar refractivity (Wildman–Crippen MR) is 48.7 cm³/mol. The summed E-state index contributed by atoms with van der Waals surface area (Å²) in [5.41, 5.74) is 1.14. The molecular formula is C10H13NO. The molecule has 0 saturated heterocycles. The fraction of sp³-hybridized carbons (Fsp3) is 0.300. The second-order valence-corrected chi connectivity index (χ2v) is 2.51. The molecule has 64 valence electrons. The van der Waals surface area contributed by atoms with E-state index in [4.69, 9.17) is 4.74 Å². The molecule has 0 bridgehead atoms. The van der Waals surface area contributed by atoms with Crippen molar-refractivity contribution in [1.82, 2.24) is 4.98 Å². The van der Waals surface area contributed by atoms with Crippen LogP contribution in [-0.4, -0.2) is 11.6 Å². The molecule has 1 rings (SSSR count). The lowest BCUT2D eigenvalue weighted by molar-refractivity contribution is 0.225. The second kappa shape index (κ2) is 4.54. The molecule has 0 unspecified atom stereocenters. The Balaban J connectivity index is 2.47. The molecule has 12 heavy (non-hydrogen) atoms. The van der Waals surface area contributed by atoms with E-state index < -0.39 is 0 Å². The van der Waals surface area contributed by atoms with Crippen LogP contribution in [0, 0.1) is 0 Å². The highest BCUT2D eigenvalue weighted by Crippen LogP contribution is 2.05. The number of ether oxygens (including phenoxy) is 1. The molecule has 0 spiro atoms. The fourth-order valence-electron chi connectivity index (χ4n) is 0.986. The van der Waals surface area contributed by atoms with Crippen molar-refractivity contribution in [2.75, 3.05) is 6.61 Å². The van der Waals surface area contributed by atoms with Crippen LogP contribution in [0.3, 0.4) is 0 Å². The lowest BCUT2D eigenvalue weighted by atomic mass is 10.2. The van der Waals surface area contributed by atoms with Gasteiger partial charge in [0, 0.05) is 18.8 Å². The van der Waals surface area contributed by atoms with Crippen molar-refractivity contribution in [2.45, 2.75) is 13.3 Å².